The molecule has 0 atom stereocenters. The minimum atomic E-state index is -1.71. The van der Waals surface area contributed by atoms with Gasteiger partial charge in [-0.15, -0.1) is 0 Å². The SMILES string of the molecule is O=C([O-])C1(C(=O)[O-])CCCCC1.[Ag+].[Ag+]. The molecule has 0 amide bonds. The fourth-order valence-corrected chi connectivity index (χ4v) is 1.65. The standard InChI is InChI=1S/C8H12O4.2Ag/c9-6(10)8(7(11)12)4-2-1-3-5-8;;/h1-5H2,(H,9,10)(H,11,12);;/q;2*+1/p-2. The minimum Gasteiger partial charge on any atom is -0.549 e. The summed E-state index contributed by atoms with van der Waals surface area (Å²) in [6, 6.07) is 0. The third-order valence-electron chi connectivity index (χ3n) is 2.49. The summed E-state index contributed by atoms with van der Waals surface area (Å²) in [5.74, 6) is -3.00. The second kappa shape index (κ2) is 6.82. The monoisotopic (exact) mass is 384 g/mol. The van der Waals surface area contributed by atoms with Crippen molar-refractivity contribution >= 4 is 11.9 Å². The molecule has 1 rings (SSSR count). The fourth-order valence-electron chi connectivity index (χ4n) is 1.65. The summed E-state index contributed by atoms with van der Waals surface area (Å²) in [4.78, 5) is 21.2. The summed E-state index contributed by atoms with van der Waals surface area (Å²) in [6.07, 6.45) is 2.45. The van der Waals surface area contributed by atoms with Gasteiger partial charge in [0.1, 0.15) is 0 Å². The Bertz CT molecular complexity index is 195. The van der Waals surface area contributed by atoms with E-state index in [1.54, 1.807) is 0 Å². The maximum absolute atomic E-state index is 10.6. The van der Waals surface area contributed by atoms with E-state index >= 15 is 0 Å². The van der Waals surface area contributed by atoms with Crippen molar-refractivity contribution < 1.29 is 64.6 Å². The van der Waals surface area contributed by atoms with Gasteiger partial charge in [-0.3, -0.25) is 0 Å². The second-order valence-corrected chi connectivity index (χ2v) is 3.22. The summed E-state index contributed by atoms with van der Waals surface area (Å²) >= 11 is 0. The normalized spacial score (nSPS) is 18.6. The van der Waals surface area contributed by atoms with Crippen molar-refractivity contribution in [2.75, 3.05) is 0 Å². The first-order valence-electron chi connectivity index (χ1n) is 4.02. The molecule has 0 aromatic rings. The number of carboxylic acids is 2. The zero-order chi connectivity index (χ0) is 9.19. The third-order valence-corrected chi connectivity index (χ3v) is 2.49. The summed E-state index contributed by atoms with van der Waals surface area (Å²) in [6.45, 7) is 0. The zero-order valence-corrected chi connectivity index (χ0v) is 10.2. The molecule has 1 aliphatic carbocycles. The van der Waals surface area contributed by atoms with Crippen LogP contribution in [0.2, 0.25) is 0 Å². The molecule has 1 saturated carbocycles. The van der Waals surface area contributed by atoms with Crippen molar-refractivity contribution in [3.8, 4) is 0 Å². The van der Waals surface area contributed by atoms with Crippen molar-refractivity contribution in [2.24, 2.45) is 5.41 Å². The van der Waals surface area contributed by atoms with Crippen LogP contribution in [0, 0.1) is 5.41 Å². The molecule has 14 heavy (non-hydrogen) atoms. The summed E-state index contributed by atoms with van der Waals surface area (Å²) in [5.41, 5.74) is -1.71. The van der Waals surface area contributed by atoms with Gasteiger partial charge in [0.25, 0.3) is 0 Å². The van der Waals surface area contributed by atoms with E-state index in [0.717, 1.165) is 6.42 Å². The summed E-state index contributed by atoms with van der Waals surface area (Å²) in [5, 5.41) is 21.2. The number of carboxylic acid groups (broad SMARTS) is 2. The van der Waals surface area contributed by atoms with Gasteiger partial charge in [-0.05, 0) is 12.8 Å². The van der Waals surface area contributed by atoms with E-state index in [1.165, 1.54) is 0 Å². The fraction of sp³-hybridized carbons (Fsp3) is 0.750. The van der Waals surface area contributed by atoms with Gasteiger partial charge in [0, 0.05) is 5.41 Å². The van der Waals surface area contributed by atoms with Crippen LogP contribution in [0.4, 0.5) is 0 Å². The van der Waals surface area contributed by atoms with Crippen molar-refractivity contribution in [1.82, 2.24) is 0 Å². The molecule has 4 nitrogen and oxygen atoms in total. The molecule has 0 aromatic carbocycles. The Balaban J connectivity index is 0. The first kappa shape index (κ1) is 16.8. The molecule has 88 valence electrons. The van der Waals surface area contributed by atoms with Crippen molar-refractivity contribution in [2.45, 2.75) is 32.1 Å². The predicted octanol–water partition coefficient (Wildman–Crippen LogP) is -1.57. The van der Waals surface area contributed by atoms with Crippen LogP contribution in [-0.4, -0.2) is 11.9 Å². The van der Waals surface area contributed by atoms with Crippen molar-refractivity contribution in [3.63, 3.8) is 0 Å². The number of hydrogen-bond acceptors (Lipinski definition) is 4. The van der Waals surface area contributed by atoms with Crippen LogP contribution >= 0.6 is 0 Å². The van der Waals surface area contributed by atoms with Gasteiger partial charge in [-0.25, -0.2) is 0 Å². The molecule has 6 heteroatoms. The van der Waals surface area contributed by atoms with Gasteiger partial charge in [-0.1, -0.05) is 19.3 Å². The van der Waals surface area contributed by atoms with E-state index in [2.05, 4.69) is 0 Å². The molecule has 1 fully saturated rings. The Labute approximate surface area is 113 Å². The molecular weight excluding hydrogens is 376 g/mol. The molecule has 0 heterocycles. The van der Waals surface area contributed by atoms with Gasteiger partial charge in [0.05, 0.1) is 11.9 Å². The van der Waals surface area contributed by atoms with E-state index in [0.29, 0.717) is 12.8 Å². The first-order valence-corrected chi connectivity index (χ1v) is 4.02. The Morgan fingerprint density at radius 3 is 1.43 bits per heavy atom. The molecule has 0 radical (unpaired) electrons. The molecule has 0 unspecified atom stereocenters. The van der Waals surface area contributed by atoms with Crippen molar-refractivity contribution in [1.29, 1.82) is 0 Å². The smallest absolute Gasteiger partial charge is 0.549 e. The van der Waals surface area contributed by atoms with Crippen LogP contribution in [-0.2, 0) is 54.3 Å². The molecule has 0 aromatic heterocycles. The van der Waals surface area contributed by atoms with Crippen LogP contribution < -0.4 is 10.2 Å². The van der Waals surface area contributed by atoms with Gasteiger partial charge in [-0.2, -0.15) is 0 Å². The summed E-state index contributed by atoms with van der Waals surface area (Å²) in [7, 11) is 0. The van der Waals surface area contributed by atoms with Crippen LogP contribution in [0.3, 0.4) is 0 Å². The number of rotatable bonds is 2. The van der Waals surface area contributed by atoms with Gasteiger partial charge >= 0.3 is 44.8 Å². The molecule has 0 saturated heterocycles. The quantitative estimate of drug-likeness (QED) is 0.425. The largest absolute Gasteiger partial charge is 1.00 e. The number of hydrogen-bond donors (Lipinski definition) is 0. The Morgan fingerprint density at radius 2 is 1.21 bits per heavy atom. The topological polar surface area (TPSA) is 80.3 Å². The summed E-state index contributed by atoms with van der Waals surface area (Å²) < 4.78 is 0. The van der Waals surface area contributed by atoms with Gasteiger partial charge in [0.15, 0.2) is 0 Å². The Morgan fingerprint density at radius 1 is 0.857 bits per heavy atom. The predicted molar refractivity (Wildman–Crippen MR) is 35.5 cm³/mol. The maximum atomic E-state index is 10.6. The molecule has 0 N–H and O–H groups in total. The first-order chi connectivity index (χ1) is 5.59. The molecule has 0 spiro atoms. The van der Waals surface area contributed by atoms with Crippen LogP contribution in [0.15, 0.2) is 0 Å². The van der Waals surface area contributed by atoms with Crippen molar-refractivity contribution in [3.05, 3.63) is 0 Å². The molecular formula is C8H10Ag2O4. The molecule has 0 aliphatic heterocycles. The number of carbonyl (C=O) groups excluding carboxylic acids is 2. The van der Waals surface area contributed by atoms with Crippen LogP contribution in [0.1, 0.15) is 32.1 Å². The Kier molecular flexibility index (Phi) is 8.20. The molecule has 1 aliphatic rings. The van der Waals surface area contributed by atoms with Gasteiger partial charge < -0.3 is 19.8 Å². The number of aliphatic carboxylic acids is 2. The van der Waals surface area contributed by atoms with E-state index in [1.807, 2.05) is 0 Å². The van der Waals surface area contributed by atoms with Crippen LogP contribution in [0.5, 0.6) is 0 Å². The second-order valence-electron chi connectivity index (χ2n) is 3.22. The van der Waals surface area contributed by atoms with E-state index < -0.39 is 17.4 Å². The third kappa shape index (κ3) is 3.22. The minimum absolute atomic E-state index is 0. The van der Waals surface area contributed by atoms with E-state index in [-0.39, 0.29) is 57.6 Å². The zero-order valence-electron chi connectivity index (χ0n) is 7.27. The molecule has 0 bridgehead atoms. The van der Waals surface area contributed by atoms with E-state index in [4.69, 9.17) is 0 Å². The average molecular weight is 386 g/mol. The van der Waals surface area contributed by atoms with Crippen LogP contribution in [0.25, 0.3) is 0 Å². The van der Waals surface area contributed by atoms with E-state index in [9.17, 15) is 19.8 Å². The van der Waals surface area contributed by atoms with Gasteiger partial charge in [0.2, 0.25) is 0 Å². The average Bonchev–Trinajstić information content (AvgIpc) is 2.05. The maximum Gasteiger partial charge on any atom is 1.00 e. The Hall–Kier alpha value is 0.421. The number of carbonyl (C=O) groups is 2.